The van der Waals surface area contributed by atoms with Crippen LogP contribution in [0.1, 0.15) is 31.5 Å². The van der Waals surface area contributed by atoms with E-state index in [1.807, 2.05) is 31.2 Å². The van der Waals surface area contributed by atoms with Crippen LogP contribution in [-0.2, 0) is 11.2 Å². The largest absolute Gasteiger partial charge is 0.465 e. The number of ether oxygens (including phenoxy) is 1. The first-order valence-electron chi connectivity index (χ1n) is 6.57. The van der Waals surface area contributed by atoms with Gasteiger partial charge in [-0.05, 0) is 30.7 Å². The molecular weight excluding hydrogens is 286 g/mol. The maximum atomic E-state index is 11.3. The molecule has 0 atom stereocenters. The third-order valence-corrected chi connectivity index (χ3v) is 4.18. The molecule has 1 heterocycles. The minimum Gasteiger partial charge on any atom is -0.465 e. The standard InChI is InChI=1S/C16H17NO3S/c1-11-14(9-10-18)21-15(17-11)8-5-12-3-6-13(7-4-12)16(19)20-2/h3-8,18H,9-10H2,1-2H3/b8-5+. The van der Waals surface area contributed by atoms with Gasteiger partial charge in [-0.3, -0.25) is 0 Å². The molecule has 0 aliphatic carbocycles. The first-order valence-corrected chi connectivity index (χ1v) is 7.39. The molecule has 110 valence electrons. The molecule has 0 saturated heterocycles. The van der Waals surface area contributed by atoms with Crippen LogP contribution < -0.4 is 0 Å². The number of hydrogen-bond acceptors (Lipinski definition) is 5. The van der Waals surface area contributed by atoms with E-state index >= 15 is 0 Å². The molecule has 0 amide bonds. The van der Waals surface area contributed by atoms with E-state index in [2.05, 4.69) is 9.72 Å². The minimum absolute atomic E-state index is 0.140. The maximum Gasteiger partial charge on any atom is 0.337 e. The van der Waals surface area contributed by atoms with Crippen LogP contribution >= 0.6 is 11.3 Å². The molecule has 1 aromatic heterocycles. The number of rotatable bonds is 5. The molecule has 0 fully saturated rings. The summed E-state index contributed by atoms with van der Waals surface area (Å²) < 4.78 is 4.66. The van der Waals surface area contributed by atoms with Gasteiger partial charge in [0.2, 0.25) is 0 Å². The Morgan fingerprint density at radius 1 is 1.33 bits per heavy atom. The average molecular weight is 303 g/mol. The highest BCUT2D eigenvalue weighted by Crippen LogP contribution is 2.20. The number of benzene rings is 1. The van der Waals surface area contributed by atoms with Crippen molar-refractivity contribution >= 4 is 29.5 Å². The molecular formula is C16H17NO3S. The monoisotopic (exact) mass is 303 g/mol. The molecule has 21 heavy (non-hydrogen) atoms. The first-order chi connectivity index (χ1) is 10.1. The molecule has 2 rings (SSSR count). The van der Waals surface area contributed by atoms with Gasteiger partial charge in [-0.2, -0.15) is 0 Å². The van der Waals surface area contributed by atoms with Crippen molar-refractivity contribution in [3.63, 3.8) is 0 Å². The number of hydrogen-bond donors (Lipinski definition) is 1. The van der Waals surface area contributed by atoms with Crippen molar-refractivity contribution < 1.29 is 14.6 Å². The second-order valence-corrected chi connectivity index (χ2v) is 5.60. The van der Waals surface area contributed by atoms with Gasteiger partial charge in [0.1, 0.15) is 5.01 Å². The number of esters is 1. The molecule has 0 aliphatic heterocycles. The summed E-state index contributed by atoms with van der Waals surface area (Å²) in [6, 6.07) is 7.18. The molecule has 1 aromatic carbocycles. The fraction of sp³-hybridized carbons (Fsp3) is 0.250. The number of thiazole rings is 1. The van der Waals surface area contributed by atoms with Crippen molar-refractivity contribution in [2.45, 2.75) is 13.3 Å². The van der Waals surface area contributed by atoms with Crippen molar-refractivity contribution in [3.8, 4) is 0 Å². The molecule has 0 saturated carbocycles. The van der Waals surface area contributed by atoms with Gasteiger partial charge >= 0.3 is 5.97 Å². The lowest BCUT2D eigenvalue weighted by atomic mass is 10.1. The van der Waals surface area contributed by atoms with E-state index < -0.39 is 0 Å². The van der Waals surface area contributed by atoms with E-state index in [9.17, 15) is 4.79 Å². The Morgan fingerprint density at radius 3 is 2.67 bits per heavy atom. The van der Waals surface area contributed by atoms with E-state index in [0.29, 0.717) is 12.0 Å². The van der Waals surface area contributed by atoms with Crippen molar-refractivity contribution in [3.05, 3.63) is 51.0 Å². The predicted molar refractivity (Wildman–Crippen MR) is 84.4 cm³/mol. The zero-order valence-corrected chi connectivity index (χ0v) is 12.8. The van der Waals surface area contributed by atoms with Gasteiger partial charge < -0.3 is 9.84 Å². The first kappa shape index (κ1) is 15.4. The Kier molecular flexibility index (Phi) is 5.25. The lowest BCUT2D eigenvalue weighted by Crippen LogP contribution is -2.00. The zero-order chi connectivity index (χ0) is 15.2. The number of aromatic nitrogens is 1. The summed E-state index contributed by atoms with van der Waals surface area (Å²) in [5.41, 5.74) is 2.49. The van der Waals surface area contributed by atoms with Crippen LogP contribution in [0.5, 0.6) is 0 Å². The van der Waals surface area contributed by atoms with Gasteiger partial charge in [-0.15, -0.1) is 11.3 Å². The third-order valence-electron chi connectivity index (χ3n) is 3.00. The second-order valence-electron chi connectivity index (χ2n) is 4.48. The van der Waals surface area contributed by atoms with Crippen molar-refractivity contribution in [2.24, 2.45) is 0 Å². The molecule has 0 radical (unpaired) electrons. The Balaban J connectivity index is 2.10. The SMILES string of the molecule is COC(=O)c1ccc(/C=C/c2nc(C)c(CCO)s2)cc1. The molecule has 0 aliphatic rings. The lowest BCUT2D eigenvalue weighted by Gasteiger charge is -1.98. The van der Waals surface area contributed by atoms with Gasteiger partial charge in [0, 0.05) is 17.9 Å². The van der Waals surface area contributed by atoms with E-state index in [1.54, 1.807) is 23.5 Å². The Labute approximate surface area is 127 Å². The second kappa shape index (κ2) is 7.15. The highest BCUT2D eigenvalue weighted by Gasteiger charge is 2.05. The summed E-state index contributed by atoms with van der Waals surface area (Å²) in [5, 5.41) is 9.89. The highest BCUT2D eigenvalue weighted by atomic mass is 32.1. The summed E-state index contributed by atoms with van der Waals surface area (Å²) >= 11 is 1.58. The number of nitrogens with zero attached hydrogens (tertiary/aromatic N) is 1. The van der Waals surface area contributed by atoms with Crippen LogP contribution in [0.2, 0.25) is 0 Å². The Hall–Kier alpha value is -1.98. The summed E-state index contributed by atoms with van der Waals surface area (Å²) in [5.74, 6) is -0.338. The van der Waals surface area contributed by atoms with Crippen molar-refractivity contribution in [1.29, 1.82) is 0 Å². The molecule has 4 nitrogen and oxygen atoms in total. The highest BCUT2D eigenvalue weighted by molar-refractivity contribution is 7.12. The Morgan fingerprint density at radius 2 is 2.05 bits per heavy atom. The average Bonchev–Trinajstić information content (AvgIpc) is 2.85. The summed E-state index contributed by atoms with van der Waals surface area (Å²) in [7, 11) is 1.37. The fourth-order valence-electron chi connectivity index (χ4n) is 1.87. The number of methoxy groups -OCH3 is 1. The van der Waals surface area contributed by atoms with Crippen molar-refractivity contribution in [1.82, 2.24) is 4.98 Å². The number of aryl methyl sites for hydroxylation is 1. The van der Waals surface area contributed by atoms with Crippen molar-refractivity contribution in [2.75, 3.05) is 13.7 Å². The number of aliphatic hydroxyl groups excluding tert-OH is 1. The third kappa shape index (κ3) is 4.00. The van der Waals surface area contributed by atoms with Gasteiger partial charge in [0.25, 0.3) is 0 Å². The number of carbonyl (C=O) groups excluding carboxylic acids is 1. The summed E-state index contributed by atoms with van der Waals surface area (Å²) in [4.78, 5) is 16.9. The molecule has 0 spiro atoms. The topological polar surface area (TPSA) is 59.4 Å². The smallest absolute Gasteiger partial charge is 0.337 e. The van der Waals surface area contributed by atoms with Crippen LogP contribution in [-0.4, -0.2) is 29.8 Å². The predicted octanol–water partition coefficient (Wildman–Crippen LogP) is 2.94. The fourth-order valence-corrected chi connectivity index (χ4v) is 2.83. The minimum atomic E-state index is -0.338. The summed E-state index contributed by atoms with van der Waals surface area (Å²) in [6.07, 6.45) is 4.53. The van der Waals surface area contributed by atoms with Crippen LogP contribution in [0, 0.1) is 6.92 Å². The van der Waals surface area contributed by atoms with Crippen LogP contribution in [0.4, 0.5) is 0 Å². The maximum absolute atomic E-state index is 11.3. The molecule has 1 N–H and O–H groups in total. The van der Waals surface area contributed by atoms with Gasteiger partial charge in [-0.25, -0.2) is 9.78 Å². The van der Waals surface area contributed by atoms with Crippen LogP contribution in [0.25, 0.3) is 12.2 Å². The van der Waals surface area contributed by atoms with E-state index in [0.717, 1.165) is 21.1 Å². The molecule has 5 heteroatoms. The lowest BCUT2D eigenvalue weighted by molar-refractivity contribution is 0.0600. The summed E-state index contributed by atoms with van der Waals surface area (Å²) in [6.45, 7) is 2.09. The molecule has 0 bridgehead atoms. The van der Waals surface area contributed by atoms with E-state index in [1.165, 1.54) is 7.11 Å². The number of carbonyl (C=O) groups is 1. The molecule has 0 unspecified atom stereocenters. The van der Waals surface area contributed by atoms with Crippen LogP contribution in [0.3, 0.4) is 0 Å². The number of aliphatic hydroxyl groups is 1. The van der Waals surface area contributed by atoms with Crippen LogP contribution in [0.15, 0.2) is 24.3 Å². The van der Waals surface area contributed by atoms with Gasteiger partial charge in [-0.1, -0.05) is 18.2 Å². The van der Waals surface area contributed by atoms with Gasteiger partial charge in [0.15, 0.2) is 0 Å². The molecule has 2 aromatic rings. The van der Waals surface area contributed by atoms with Gasteiger partial charge in [0.05, 0.1) is 18.4 Å². The zero-order valence-electron chi connectivity index (χ0n) is 12.0. The normalized spacial score (nSPS) is 11.0. The quantitative estimate of drug-likeness (QED) is 0.863. The van der Waals surface area contributed by atoms with E-state index in [4.69, 9.17) is 5.11 Å². The Bertz CT molecular complexity index is 644. The van der Waals surface area contributed by atoms with E-state index in [-0.39, 0.29) is 12.6 Å².